The van der Waals surface area contributed by atoms with Crippen LogP contribution in [0.5, 0.6) is 5.75 Å². The predicted molar refractivity (Wildman–Crippen MR) is 78.9 cm³/mol. The number of hydrogen-bond acceptors (Lipinski definition) is 5. The van der Waals surface area contributed by atoms with Gasteiger partial charge in [0, 0.05) is 6.61 Å². The van der Waals surface area contributed by atoms with Gasteiger partial charge < -0.3 is 9.47 Å². The van der Waals surface area contributed by atoms with Crippen LogP contribution in [0.4, 0.5) is 0 Å². The molecular formula is C15H19NO4S. The van der Waals surface area contributed by atoms with Gasteiger partial charge in [0.15, 0.2) is 9.84 Å². The summed E-state index contributed by atoms with van der Waals surface area (Å²) in [6.45, 7) is 0.942. The van der Waals surface area contributed by atoms with Crippen LogP contribution in [0, 0.1) is 11.3 Å². The Bertz CT molecular complexity index is 600. The zero-order valence-electron chi connectivity index (χ0n) is 11.8. The number of nitriles is 1. The van der Waals surface area contributed by atoms with Crippen molar-refractivity contribution in [1.82, 2.24) is 0 Å². The largest absolute Gasteiger partial charge is 0.492 e. The average molecular weight is 309 g/mol. The minimum absolute atomic E-state index is 0.0849. The normalized spacial score (nSPS) is 18.3. The second-order valence-electron chi connectivity index (χ2n) is 5.06. The SMILES string of the molecule is N#Cc1ccccc1OCCCS(=O)(=O)CC1CCCO1. The number of benzene rings is 1. The van der Waals surface area contributed by atoms with Crippen molar-refractivity contribution in [2.75, 3.05) is 24.7 Å². The monoisotopic (exact) mass is 309 g/mol. The minimum atomic E-state index is -3.11. The summed E-state index contributed by atoms with van der Waals surface area (Å²) in [5.41, 5.74) is 0.458. The number of rotatable bonds is 7. The Morgan fingerprint density at radius 3 is 2.90 bits per heavy atom. The van der Waals surface area contributed by atoms with E-state index in [1.54, 1.807) is 24.3 Å². The van der Waals surface area contributed by atoms with Crippen LogP contribution < -0.4 is 4.74 Å². The molecule has 1 aromatic carbocycles. The fourth-order valence-corrected chi connectivity index (χ4v) is 3.84. The molecule has 1 unspecified atom stereocenters. The molecule has 0 saturated carbocycles. The van der Waals surface area contributed by atoms with Crippen LogP contribution in [-0.2, 0) is 14.6 Å². The van der Waals surface area contributed by atoms with E-state index in [-0.39, 0.29) is 24.2 Å². The second-order valence-corrected chi connectivity index (χ2v) is 7.29. The highest BCUT2D eigenvalue weighted by molar-refractivity contribution is 7.91. The van der Waals surface area contributed by atoms with Gasteiger partial charge in [0.05, 0.1) is 29.8 Å². The number of hydrogen-bond donors (Lipinski definition) is 0. The fourth-order valence-electron chi connectivity index (χ4n) is 2.29. The molecular weight excluding hydrogens is 290 g/mol. The van der Waals surface area contributed by atoms with E-state index in [9.17, 15) is 8.42 Å². The number of nitrogens with zero attached hydrogens (tertiary/aromatic N) is 1. The first kappa shape index (κ1) is 15.8. The van der Waals surface area contributed by atoms with Crippen LogP contribution in [0.2, 0.25) is 0 Å². The maximum absolute atomic E-state index is 11.9. The van der Waals surface area contributed by atoms with Gasteiger partial charge in [-0.15, -0.1) is 0 Å². The Kier molecular flexibility index (Phi) is 5.59. The van der Waals surface area contributed by atoms with Gasteiger partial charge in [-0.25, -0.2) is 8.42 Å². The maximum Gasteiger partial charge on any atom is 0.152 e. The lowest BCUT2D eigenvalue weighted by molar-refractivity contribution is 0.127. The van der Waals surface area contributed by atoms with Crippen LogP contribution in [0.3, 0.4) is 0 Å². The smallest absolute Gasteiger partial charge is 0.152 e. The summed E-state index contributed by atoms with van der Waals surface area (Å²) < 4.78 is 34.7. The zero-order valence-corrected chi connectivity index (χ0v) is 12.6. The van der Waals surface area contributed by atoms with Gasteiger partial charge in [-0.05, 0) is 31.4 Å². The van der Waals surface area contributed by atoms with Gasteiger partial charge in [-0.3, -0.25) is 0 Å². The predicted octanol–water partition coefficient (Wildman–Crippen LogP) is 1.92. The quantitative estimate of drug-likeness (QED) is 0.719. The first-order chi connectivity index (χ1) is 10.1. The molecule has 114 valence electrons. The molecule has 0 aromatic heterocycles. The Balaban J connectivity index is 1.75. The lowest BCUT2D eigenvalue weighted by Crippen LogP contribution is -2.23. The van der Waals surface area contributed by atoms with Crippen molar-refractivity contribution in [3.8, 4) is 11.8 Å². The van der Waals surface area contributed by atoms with Gasteiger partial charge in [-0.2, -0.15) is 5.26 Å². The summed E-state index contributed by atoms with van der Waals surface area (Å²) in [6.07, 6.45) is 2.03. The van der Waals surface area contributed by atoms with Crippen molar-refractivity contribution in [3.05, 3.63) is 29.8 Å². The fraction of sp³-hybridized carbons (Fsp3) is 0.533. The van der Waals surface area contributed by atoms with Crippen LogP contribution in [-0.4, -0.2) is 39.2 Å². The number of ether oxygens (including phenoxy) is 2. The van der Waals surface area contributed by atoms with E-state index in [2.05, 4.69) is 0 Å². The molecule has 1 aliphatic heterocycles. The average Bonchev–Trinajstić information content (AvgIpc) is 2.96. The third kappa shape index (κ3) is 5.03. The van der Waals surface area contributed by atoms with Gasteiger partial charge in [0.25, 0.3) is 0 Å². The van der Waals surface area contributed by atoms with Gasteiger partial charge >= 0.3 is 0 Å². The van der Waals surface area contributed by atoms with Gasteiger partial charge in [0.2, 0.25) is 0 Å². The Labute approximate surface area is 125 Å². The van der Waals surface area contributed by atoms with E-state index < -0.39 is 9.84 Å². The third-order valence-electron chi connectivity index (χ3n) is 3.33. The molecule has 2 rings (SSSR count). The first-order valence-electron chi connectivity index (χ1n) is 7.05. The molecule has 1 aliphatic rings. The summed E-state index contributed by atoms with van der Waals surface area (Å²) in [4.78, 5) is 0. The molecule has 1 aromatic rings. The van der Waals surface area contributed by atoms with E-state index in [4.69, 9.17) is 14.7 Å². The number of para-hydroxylation sites is 1. The molecule has 0 radical (unpaired) electrons. The Morgan fingerprint density at radius 1 is 1.38 bits per heavy atom. The van der Waals surface area contributed by atoms with E-state index in [1.165, 1.54) is 0 Å². The molecule has 1 saturated heterocycles. The summed E-state index contributed by atoms with van der Waals surface area (Å²) >= 11 is 0. The lowest BCUT2D eigenvalue weighted by atomic mass is 10.2. The number of sulfone groups is 1. The lowest BCUT2D eigenvalue weighted by Gasteiger charge is -2.11. The highest BCUT2D eigenvalue weighted by atomic mass is 32.2. The molecule has 0 N–H and O–H groups in total. The van der Waals surface area contributed by atoms with Crippen LogP contribution in [0.25, 0.3) is 0 Å². The van der Waals surface area contributed by atoms with Gasteiger partial charge in [-0.1, -0.05) is 12.1 Å². The van der Waals surface area contributed by atoms with Crippen LogP contribution in [0.1, 0.15) is 24.8 Å². The van der Waals surface area contributed by atoms with Crippen molar-refractivity contribution >= 4 is 9.84 Å². The molecule has 1 heterocycles. The minimum Gasteiger partial charge on any atom is -0.492 e. The molecule has 1 atom stereocenters. The molecule has 0 spiro atoms. The van der Waals surface area contributed by atoms with Crippen molar-refractivity contribution in [2.24, 2.45) is 0 Å². The first-order valence-corrected chi connectivity index (χ1v) is 8.87. The maximum atomic E-state index is 11.9. The zero-order chi connectivity index (χ0) is 15.1. The van der Waals surface area contributed by atoms with Gasteiger partial charge in [0.1, 0.15) is 11.8 Å². The highest BCUT2D eigenvalue weighted by Crippen LogP contribution is 2.17. The van der Waals surface area contributed by atoms with E-state index in [1.807, 2.05) is 6.07 Å². The summed E-state index contributed by atoms with van der Waals surface area (Å²) in [5, 5.41) is 8.92. The van der Waals surface area contributed by atoms with Crippen molar-refractivity contribution in [3.63, 3.8) is 0 Å². The summed E-state index contributed by atoms with van der Waals surface area (Å²) in [5.74, 6) is 0.681. The Hall–Kier alpha value is -1.58. The molecule has 1 fully saturated rings. The molecule has 6 heteroatoms. The summed E-state index contributed by atoms with van der Waals surface area (Å²) in [7, 11) is -3.11. The highest BCUT2D eigenvalue weighted by Gasteiger charge is 2.22. The van der Waals surface area contributed by atoms with Crippen molar-refractivity contribution in [1.29, 1.82) is 5.26 Å². The van der Waals surface area contributed by atoms with Crippen LogP contribution in [0.15, 0.2) is 24.3 Å². The van der Waals surface area contributed by atoms with Crippen molar-refractivity contribution < 1.29 is 17.9 Å². The standard InChI is InChI=1S/C15H19NO4S/c16-11-13-5-1-2-7-15(13)20-9-4-10-21(17,18)12-14-6-3-8-19-14/h1-2,5,7,14H,3-4,6,8-10,12H2. The van der Waals surface area contributed by atoms with Crippen LogP contribution >= 0.6 is 0 Å². The Morgan fingerprint density at radius 2 is 2.19 bits per heavy atom. The molecule has 0 aliphatic carbocycles. The van der Waals surface area contributed by atoms with E-state index in [0.29, 0.717) is 24.3 Å². The summed E-state index contributed by atoms with van der Waals surface area (Å²) in [6, 6.07) is 8.96. The third-order valence-corrected chi connectivity index (χ3v) is 5.12. The molecule has 21 heavy (non-hydrogen) atoms. The van der Waals surface area contributed by atoms with E-state index in [0.717, 1.165) is 12.8 Å². The molecule has 0 amide bonds. The second kappa shape index (κ2) is 7.43. The molecule has 0 bridgehead atoms. The van der Waals surface area contributed by atoms with E-state index >= 15 is 0 Å². The topological polar surface area (TPSA) is 76.4 Å². The van der Waals surface area contributed by atoms with Crippen molar-refractivity contribution in [2.45, 2.75) is 25.4 Å². The molecule has 5 nitrogen and oxygen atoms in total.